The summed E-state index contributed by atoms with van der Waals surface area (Å²) in [6, 6.07) is 3.80. The van der Waals surface area contributed by atoms with Crippen LogP contribution >= 0.6 is 0 Å². The number of ether oxygens (including phenoxy) is 1. The molecule has 0 spiro atoms. The van der Waals surface area contributed by atoms with Gasteiger partial charge in [-0.1, -0.05) is 6.07 Å². The first-order valence-corrected chi connectivity index (χ1v) is 4.29. The molecule has 1 aromatic carbocycles. The predicted octanol–water partition coefficient (Wildman–Crippen LogP) is 2.08. The maximum absolute atomic E-state index is 13.1. The molecule has 0 amide bonds. The van der Waals surface area contributed by atoms with Crippen molar-refractivity contribution >= 4 is 0 Å². The lowest BCUT2D eigenvalue weighted by molar-refractivity contribution is 0.111. The van der Waals surface area contributed by atoms with E-state index in [1.54, 1.807) is 13.8 Å². The van der Waals surface area contributed by atoms with Gasteiger partial charge in [-0.3, -0.25) is 0 Å². The molecule has 78 valence electrons. The van der Waals surface area contributed by atoms with Gasteiger partial charge in [0.2, 0.25) is 5.82 Å². The third-order valence-electron chi connectivity index (χ3n) is 1.79. The molecule has 0 unspecified atom stereocenters. The number of hydrogen-bond acceptors (Lipinski definition) is 2. The zero-order valence-electron chi connectivity index (χ0n) is 8.18. The van der Waals surface area contributed by atoms with E-state index in [2.05, 4.69) is 0 Å². The fourth-order valence-corrected chi connectivity index (χ4v) is 0.902. The Hall–Kier alpha value is -1.16. The minimum Gasteiger partial charge on any atom is -0.483 e. The van der Waals surface area contributed by atoms with Crippen LogP contribution < -0.4 is 10.5 Å². The molecule has 1 aromatic rings. The largest absolute Gasteiger partial charge is 0.483 e. The summed E-state index contributed by atoms with van der Waals surface area (Å²) in [6.45, 7) is 3.64. The molecule has 0 bridgehead atoms. The molecule has 0 radical (unpaired) electrons. The molecule has 0 aliphatic carbocycles. The Kier molecular flexibility index (Phi) is 3.06. The van der Waals surface area contributed by atoms with Crippen LogP contribution in [0.3, 0.4) is 0 Å². The Labute approximate surface area is 81.7 Å². The van der Waals surface area contributed by atoms with Gasteiger partial charge in [0, 0.05) is 6.54 Å². The fourth-order valence-electron chi connectivity index (χ4n) is 0.902. The Morgan fingerprint density at radius 1 is 1.36 bits per heavy atom. The van der Waals surface area contributed by atoms with Crippen molar-refractivity contribution in [2.24, 2.45) is 5.73 Å². The quantitative estimate of drug-likeness (QED) is 0.812. The topological polar surface area (TPSA) is 35.2 Å². The zero-order valence-corrected chi connectivity index (χ0v) is 8.18. The number of benzene rings is 1. The Bertz CT molecular complexity index is 326. The number of rotatable bonds is 3. The van der Waals surface area contributed by atoms with Gasteiger partial charge >= 0.3 is 0 Å². The molecule has 2 N–H and O–H groups in total. The summed E-state index contributed by atoms with van der Waals surface area (Å²) in [5.74, 6) is -2.01. The van der Waals surface area contributed by atoms with Crippen molar-refractivity contribution in [2.75, 3.05) is 6.54 Å². The average molecular weight is 201 g/mol. The molecule has 0 aliphatic rings. The molecule has 0 saturated heterocycles. The standard InChI is InChI=1S/C10H13F2NO/c1-10(2,6-13)14-8-5-3-4-7(11)9(8)12/h3-5H,6,13H2,1-2H3. The van der Waals surface area contributed by atoms with E-state index >= 15 is 0 Å². The zero-order chi connectivity index (χ0) is 10.8. The first-order chi connectivity index (χ1) is 6.46. The fraction of sp³-hybridized carbons (Fsp3) is 0.400. The van der Waals surface area contributed by atoms with Gasteiger partial charge in [0.25, 0.3) is 0 Å². The second kappa shape index (κ2) is 3.92. The van der Waals surface area contributed by atoms with Gasteiger partial charge < -0.3 is 10.5 Å². The van der Waals surface area contributed by atoms with Crippen LogP contribution in [0.15, 0.2) is 18.2 Å². The minimum atomic E-state index is -0.978. The summed E-state index contributed by atoms with van der Waals surface area (Å²) in [7, 11) is 0. The van der Waals surface area contributed by atoms with Crippen molar-refractivity contribution in [3.8, 4) is 5.75 Å². The molecule has 2 nitrogen and oxygen atoms in total. The van der Waals surface area contributed by atoms with E-state index in [1.165, 1.54) is 12.1 Å². The van der Waals surface area contributed by atoms with E-state index in [0.29, 0.717) is 0 Å². The third kappa shape index (κ3) is 2.42. The number of halogens is 2. The molecule has 0 aliphatic heterocycles. The summed E-state index contributed by atoms with van der Waals surface area (Å²) in [5, 5.41) is 0. The lowest BCUT2D eigenvalue weighted by Gasteiger charge is -2.24. The normalized spacial score (nSPS) is 11.5. The van der Waals surface area contributed by atoms with E-state index < -0.39 is 17.2 Å². The molecule has 0 heterocycles. The van der Waals surface area contributed by atoms with Gasteiger partial charge in [-0.15, -0.1) is 0 Å². The lowest BCUT2D eigenvalue weighted by Crippen LogP contribution is -2.37. The van der Waals surface area contributed by atoms with Crippen molar-refractivity contribution in [3.63, 3.8) is 0 Å². The predicted molar refractivity (Wildman–Crippen MR) is 50.1 cm³/mol. The highest BCUT2D eigenvalue weighted by Gasteiger charge is 2.20. The summed E-state index contributed by atoms with van der Waals surface area (Å²) >= 11 is 0. The van der Waals surface area contributed by atoms with Crippen LogP contribution in [0, 0.1) is 11.6 Å². The molecule has 0 atom stereocenters. The molecule has 0 fully saturated rings. The van der Waals surface area contributed by atoms with Gasteiger partial charge in [-0.05, 0) is 26.0 Å². The number of nitrogens with two attached hydrogens (primary N) is 1. The van der Waals surface area contributed by atoms with E-state index in [0.717, 1.165) is 6.07 Å². The van der Waals surface area contributed by atoms with E-state index in [4.69, 9.17) is 10.5 Å². The van der Waals surface area contributed by atoms with Crippen LogP contribution in [0.4, 0.5) is 8.78 Å². The Morgan fingerprint density at radius 3 is 2.57 bits per heavy atom. The van der Waals surface area contributed by atoms with Crippen molar-refractivity contribution in [1.29, 1.82) is 0 Å². The van der Waals surface area contributed by atoms with Gasteiger partial charge in [0.05, 0.1) is 0 Å². The average Bonchev–Trinajstić information content (AvgIpc) is 2.13. The van der Waals surface area contributed by atoms with Crippen LogP contribution in [0.1, 0.15) is 13.8 Å². The molecule has 0 saturated carbocycles. The first-order valence-electron chi connectivity index (χ1n) is 4.29. The molecular weight excluding hydrogens is 188 g/mol. The van der Waals surface area contributed by atoms with Crippen LogP contribution in [-0.2, 0) is 0 Å². The summed E-state index contributed by atoms with van der Waals surface area (Å²) in [4.78, 5) is 0. The number of hydrogen-bond donors (Lipinski definition) is 1. The molecule has 1 rings (SSSR count). The summed E-state index contributed by atoms with van der Waals surface area (Å²) in [6.07, 6.45) is 0. The maximum Gasteiger partial charge on any atom is 0.200 e. The van der Waals surface area contributed by atoms with Crippen LogP contribution in [0.2, 0.25) is 0 Å². The van der Waals surface area contributed by atoms with Crippen molar-refractivity contribution in [2.45, 2.75) is 19.4 Å². The smallest absolute Gasteiger partial charge is 0.200 e. The summed E-state index contributed by atoms with van der Waals surface area (Å²) < 4.78 is 31.1. The van der Waals surface area contributed by atoms with Crippen LogP contribution in [0.5, 0.6) is 5.75 Å². The molecule has 4 heteroatoms. The molecule has 0 aromatic heterocycles. The monoisotopic (exact) mass is 201 g/mol. The van der Waals surface area contributed by atoms with E-state index in [9.17, 15) is 8.78 Å². The van der Waals surface area contributed by atoms with Gasteiger partial charge in [0.1, 0.15) is 5.60 Å². The van der Waals surface area contributed by atoms with Crippen LogP contribution in [-0.4, -0.2) is 12.1 Å². The first kappa shape index (κ1) is 10.9. The molecule has 14 heavy (non-hydrogen) atoms. The maximum atomic E-state index is 13.1. The SMILES string of the molecule is CC(C)(CN)Oc1cccc(F)c1F. The van der Waals surface area contributed by atoms with Gasteiger partial charge in [-0.25, -0.2) is 4.39 Å². The van der Waals surface area contributed by atoms with Gasteiger partial charge in [0.15, 0.2) is 11.6 Å². The van der Waals surface area contributed by atoms with Crippen molar-refractivity contribution in [1.82, 2.24) is 0 Å². The Morgan fingerprint density at radius 2 is 2.00 bits per heavy atom. The highest BCUT2D eigenvalue weighted by atomic mass is 19.2. The van der Waals surface area contributed by atoms with Crippen LogP contribution in [0.25, 0.3) is 0 Å². The second-order valence-electron chi connectivity index (χ2n) is 3.62. The summed E-state index contributed by atoms with van der Waals surface area (Å²) in [5.41, 5.74) is 4.70. The Balaban J connectivity index is 2.92. The van der Waals surface area contributed by atoms with E-state index in [-0.39, 0.29) is 12.3 Å². The van der Waals surface area contributed by atoms with Crippen molar-refractivity contribution in [3.05, 3.63) is 29.8 Å². The van der Waals surface area contributed by atoms with Crippen molar-refractivity contribution < 1.29 is 13.5 Å². The van der Waals surface area contributed by atoms with Gasteiger partial charge in [-0.2, -0.15) is 4.39 Å². The van der Waals surface area contributed by atoms with E-state index in [1.807, 2.05) is 0 Å². The second-order valence-corrected chi connectivity index (χ2v) is 3.62. The lowest BCUT2D eigenvalue weighted by atomic mass is 10.1. The minimum absolute atomic E-state index is 0.111. The highest BCUT2D eigenvalue weighted by Crippen LogP contribution is 2.23. The third-order valence-corrected chi connectivity index (χ3v) is 1.79. The highest BCUT2D eigenvalue weighted by molar-refractivity contribution is 5.25. The molecular formula is C10H13F2NO.